The molecule has 0 spiro atoms. The molecule has 0 radical (unpaired) electrons. The number of amides is 1. The first-order valence-corrected chi connectivity index (χ1v) is 7.79. The Morgan fingerprint density at radius 3 is 2.79 bits per heavy atom. The fourth-order valence-electron chi connectivity index (χ4n) is 3.06. The number of carboxylic acids is 1. The molecule has 1 N–H and O–H groups in total. The van der Waals surface area contributed by atoms with E-state index in [2.05, 4.69) is 4.98 Å². The third-order valence-electron chi connectivity index (χ3n) is 4.23. The quantitative estimate of drug-likeness (QED) is 0.937. The molecular formula is C18H17FN2O3. The summed E-state index contributed by atoms with van der Waals surface area (Å²) in [4.78, 5) is 29.1. The second-order valence-electron chi connectivity index (χ2n) is 5.87. The molecule has 5 nitrogen and oxygen atoms in total. The smallest absolute Gasteiger partial charge is 0.354 e. The summed E-state index contributed by atoms with van der Waals surface area (Å²) in [5.74, 6) is -1.57. The second-order valence-corrected chi connectivity index (χ2v) is 5.87. The average Bonchev–Trinajstić information content (AvgIpc) is 3.02. The predicted molar refractivity (Wildman–Crippen MR) is 85.4 cm³/mol. The maximum Gasteiger partial charge on any atom is 0.354 e. The molecular weight excluding hydrogens is 311 g/mol. The van der Waals surface area contributed by atoms with E-state index in [9.17, 15) is 14.0 Å². The molecule has 0 aliphatic carbocycles. The van der Waals surface area contributed by atoms with Crippen molar-refractivity contribution in [2.75, 3.05) is 6.54 Å². The number of benzene rings is 1. The lowest BCUT2D eigenvalue weighted by Gasteiger charge is -2.25. The van der Waals surface area contributed by atoms with Crippen molar-refractivity contribution in [1.82, 2.24) is 9.88 Å². The van der Waals surface area contributed by atoms with Crippen molar-refractivity contribution < 1.29 is 19.1 Å². The van der Waals surface area contributed by atoms with Gasteiger partial charge in [-0.3, -0.25) is 4.79 Å². The van der Waals surface area contributed by atoms with Crippen LogP contribution in [-0.4, -0.2) is 39.5 Å². The minimum absolute atomic E-state index is 0.0125. The normalized spacial score (nSPS) is 17.0. The molecule has 3 rings (SSSR count). The topological polar surface area (TPSA) is 70.5 Å². The van der Waals surface area contributed by atoms with E-state index in [0.29, 0.717) is 18.5 Å². The lowest BCUT2D eigenvalue weighted by atomic mass is 10.0. The summed E-state index contributed by atoms with van der Waals surface area (Å²) in [6, 6.07) is 9.23. The van der Waals surface area contributed by atoms with Crippen molar-refractivity contribution in [3.8, 4) is 0 Å². The van der Waals surface area contributed by atoms with E-state index in [1.54, 1.807) is 11.0 Å². The van der Waals surface area contributed by atoms with Gasteiger partial charge in [-0.1, -0.05) is 12.1 Å². The standard InChI is InChI=1S/C18H17FN2O3/c19-14-4-1-3-12(9-14)10-15-5-2-8-21(15)17(22)13-6-7-16(18(23)24)20-11-13/h1,3-4,6-7,9,11,15H,2,5,8,10H2,(H,23,24)/t15-/m0/s1. The Hall–Kier alpha value is -2.76. The van der Waals surface area contributed by atoms with Gasteiger partial charge in [0, 0.05) is 18.8 Å². The Morgan fingerprint density at radius 1 is 1.29 bits per heavy atom. The van der Waals surface area contributed by atoms with Crippen LogP contribution in [-0.2, 0) is 6.42 Å². The number of carboxylic acid groups (broad SMARTS) is 1. The minimum atomic E-state index is -1.13. The number of likely N-dealkylation sites (tertiary alicyclic amines) is 1. The van der Waals surface area contributed by atoms with Crippen LogP contribution in [0.5, 0.6) is 0 Å². The molecule has 0 unspecified atom stereocenters. The van der Waals surface area contributed by atoms with Crippen LogP contribution in [0.15, 0.2) is 42.6 Å². The van der Waals surface area contributed by atoms with Gasteiger partial charge in [-0.2, -0.15) is 0 Å². The Bertz CT molecular complexity index is 761. The average molecular weight is 328 g/mol. The second kappa shape index (κ2) is 6.78. The van der Waals surface area contributed by atoms with Gasteiger partial charge in [0.1, 0.15) is 11.5 Å². The largest absolute Gasteiger partial charge is 0.477 e. The molecule has 6 heteroatoms. The Labute approximate surface area is 138 Å². The monoisotopic (exact) mass is 328 g/mol. The highest BCUT2D eigenvalue weighted by Gasteiger charge is 2.29. The van der Waals surface area contributed by atoms with Crippen LogP contribution >= 0.6 is 0 Å². The molecule has 2 heterocycles. The number of aromatic nitrogens is 1. The van der Waals surface area contributed by atoms with E-state index >= 15 is 0 Å². The van der Waals surface area contributed by atoms with Crippen LogP contribution in [0.4, 0.5) is 4.39 Å². The summed E-state index contributed by atoms with van der Waals surface area (Å²) in [7, 11) is 0. The number of carbonyl (C=O) groups excluding carboxylic acids is 1. The molecule has 24 heavy (non-hydrogen) atoms. The number of pyridine rings is 1. The van der Waals surface area contributed by atoms with Gasteiger partial charge in [-0.25, -0.2) is 14.2 Å². The number of rotatable bonds is 4. The van der Waals surface area contributed by atoms with Gasteiger partial charge in [0.15, 0.2) is 0 Å². The Balaban J connectivity index is 1.74. The molecule has 0 bridgehead atoms. The first kappa shape index (κ1) is 16.1. The number of hydrogen-bond donors (Lipinski definition) is 1. The summed E-state index contributed by atoms with van der Waals surface area (Å²) >= 11 is 0. The van der Waals surface area contributed by atoms with E-state index in [1.807, 2.05) is 6.07 Å². The summed E-state index contributed by atoms with van der Waals surface area (Å²) in [5, 5.41) is 8.87. The lowest BCUT2D eigenvalue weighted by molar-refractivity contribution is 0.0685. The molecule has 1 aromatic carbocycles. The molecule has 1 fully saturated rings. The highest BCUT2D eigenvalue weighted by Crippen LogP contribution is 2.23. The molecule has 1 aliphatic heterocycles. The zero-order valence-corrected chi connectivity index (χ0v) is 13.0. The van der Waals surface area contributed by atoms with Crippen molar-refractivity contribution in [1.29, 1.82) is 0 Å². The highest BCUT2D eigenvalue weighted by atomic mass is 19.1. The van der Waals surface area contributed by atoms with Gasteiger partial charge in [0.05, 0.1) is 5.56 Å². The zero-order chi connectivity index (χ0) is 17.1. The molecule has 0 saturated carbocycles. The lowest BCUT2D eigenvalue weighted by Crippen LogP contribution is -2.36. The van der Waals surface area contributed by atoms with E-state index in [-0.39, 0.29) is 23.5 Å². The molecule has 1 aromatic heterocycles. The van der Waals surface area contributed by atoms with E-state index < -0.39 is 5.97 Å². The number of halogens is 1. The molecule has 2 aromatic rings. The Morgan fingerprint density at radius 2 is 2.12 bits per heavy atom. The molecule has 1 saturated heterocycles. The fraction of sp³-hybridized carbons (Fsp3) is 0.278. The first-order valence-electron chi connectivity index (χ1n) is 7.79. The van der Waals surface area contributed by atoms with Gasteiger partial charge in [-0.15, -0.1) is 0 Å². The molecule has 1 aliphatic rings. The van der Waals surface area contributed by atoms with Gasteiger partial charge in [0.25, 0.3) is 5.91 Å². The van der Waals surface area contributed by atoms with Crippen LogP contribution < -0.4 is 0 Å². The van der Waals surface area contributed by atoms with Crippen molar-refractivity contribution in [3.05, 3.63) is 65.2 Å². The van der Waals surface area contributed by atoms with Crippen LogP contribution in [0.1, 0.15) is 39.3 Å². The summed E-state index contributed by atoms with van der Waals surface area (Å²) in [6.45, 7) is 0.638. The third kappa shape index (κ3) is 3.42. The zero-order valence-electron chi connectivity index (χ0n) is 13.0. The summed E-state index contributed by atoms with van der Waals surface area (Å²) in [5.41, 5.74) is 1.13. The van der Waals surface area contributed by atoms with Crippen molar-refractivity contribution in [3.63, 3.8) is 0 Å². The molecule has 124 valence electrons. The van der Waals surface area contributed by atoms with Crippen molar-refractivity contribution in [2.45, 2.75) is 25.3 Å². The van der Waals surface area contributed by atoms with E-state index in [4.69, 9.17) is 5.11 Å². The fourth-order valence-corrected chi connectivity index (χ4v) is 3.06. The van der Waals surface area contributed by atoms with Crippen LogP contribution in [0.3, 0.4) is 0 Å². The molecule has 1 atom stereocenters. The van der Waals surface area contributed by atoms with Gasteiger partial charge < -0.3 is 10.0 Å². The summed E-state index contributed by atoms with van der Waals surface area (Å²) in [6.07, 6.45) is 3.66. The number of carbonyl (C=O) groups is 2. The van der Waals surface area contributed by atoms with Crippen LogP contribution in [0.2, 0.25) is 0 Å². The first-order chi connectivity index (χ1) is 11.5. The van der Waals surface area contributed by atoms with Gasteiger partial charge >= 0.3 is 5.97 Å². The van der Waals surface area contributed by atoms with E-state index in [1.165, 1.54) is 30.5 Å². The maximum absolute atomic E-state index is 13.3. The maximum atomic E-state index is 13.3. The predicted octanol–water partition coefficient (Wildman–Crippen LogP) is 2.77. The van der Waals surface area contributed by atoms with Crippen molar-refractivity contribution >= 4 is 11.9 Å². The number of hydrogen-bond acceptors (Lipinski definition) is 3. The van der Waals surface area contributed by atoms with E-state index in [0.717, 1.165) is 18.4 Å². The number of nitrogens with zero attached hydrogens (tertiary/aromatic N) is 2. The summed E-state index contributed by atoms with van der Waals surface area (Å²) < 4.78 is 13.3. The SMILES string of the molecule is O=C(O)c1ccc(C(=O)N2CCC[C@H]2Cc2cccc(F)c2)cn1. The molecule has 1 amide bonds. The van der Waals surface area contributed by atoms with Crippen LogP contribution in [0, 0.1) is 5.82 Å². The van der Waals surface area contributed by atoms with Gasteiger partial charge in [-0.05, 0) is 49.1 Å². The number of aromatic carboxylic acids is 1. The Kier molecular flexibility index (Phi) is 4.55. The minimum Gasteiger partial charge on any atom is -0.477 e. The van der Waals surface area contributed by atoms with Gasteiger partial charge in [0.2, 0.25) is 0 Å². The third-order valence-corrected chi connectivity index (χ3v) is 4.23. The van der Waals surface area contributed by atoms with Crippen molar-refractivity contribution in [2.24, 2.45) is 0 Å². The highest BCUT2D eigenvalue weighted by molar-refractivity contribution is 5.95. The van der Waals surface area contributed by atoms with Crippen LogP contribution in [0.25, 0.3) is 0 Å².